The second-order valence-corrected chi connectivity index (χ2v) is 4.96. The zero-order chi connectivity index (χ0) is 13.9. The summed E-state index contributed by atoms with van der Waals surface area (Å²) >= 11 is 0. The number of anilines is 1. The van der Waals surface area contributed by atoms with Crippen molar-refractivity contribution in [2.24, 2.45) is 0 Å². The number of likely N-dealkylation sites (N-methyl/N-ethyl adjacent to an activating group) is 1. The number of imidazole rings is 1. The third-order valence-electron chi connectivity index (χ3n) is 3.61. The molecule has 0 aromatic carbocycles. The molecule has 1 fully saturated rings. The molecule has 0 atom stereocenters. The minimum absolute atomic E-state index is 0.521. The van der Waals surface area contributed by atoms with E-state index in [9.17, 15) is 0 Å². The Bertz CT molecular complexity index is 574. The molecule has 2 aromatic heterocycles. The largest absolute Gasteiger partial charge is 0.468 e. The first-order valence-corrected chi connectivity index (χ1v) is 6.76. The second kappa shape index (κ2) is 5.50. The highest BCUT2D eigenvalue weighted by Crippen LogP contribution is 2.28. The topological polar surface area (TPSA) is 57.3 Å². The second-order valence-electron chi connectivity index (χ2n) is 4.96. The minimum atomic E-state index is 0.521. The van der Waals surface area contributed by atoms with E-state index >= 15 is 0 Å². The summed E-state index contributed by atoms with van der Waals surface area (Å²) in [6, 6.07) is 4.51. The molecule has 6 nitrogen and oxygen atoms in total. The van der Waals surface area contributed by atoms with Crippen molar-refractivity contribution in [3.63, 3.8) is 0 Å². The predicted molar refractivity (Wildman–Crippen MR) is 78.1 cm³/mol. The molecule has 1 aliphatic heterocycles. The smallest absolute Gasteiger partial charge is 0.293 e. The molecule has 0 spiro atoms. The normalized spacial score (nSPS) is 16.4. The fourth-order valence-corrected chi connectivity index (χ4v) is 2.41. The van der Waals surface area contributed by atoms with Crippen LogP contribution in [-0.4, -0.2) is 60.2 Å². The lowest BCUT2D eigenvalue weighted by Crippen LogP contribution is -2.45. The van der Waals surface area contributed by atoms with Gasteiger partial charge < -0.3 is 19.5 Å². The number of nitrogens with zero attached hydrogens (tertiary/aromatic N) is 4. The van der Waals surface area contributed by atoms with Crippen molar-refractivity contribution in [2.45, 2.75) is 0 Å². The molecule has 1 saturated heterocycles. The van der Waals surface area contributed by atoms with Gasteiger partial charge in [-0.25, -0.2) is 4.98 Å². The number of nitrogens with one attached hydrogen (secondary N) is 1. The third-order valence-corrected chi connectivity index (χ3v) is 3.61. The molecule has 0 aliphatic carbocycles. The summed E-state index contributed by atoms with van der Waals surface area (Å²) in [6.45, 7) is 4.09. The van der Waals surface area contributed by atoms with Gasteiger partial charge in [-0.15, -0.1) is 0 Å². The molecule has 0 unspecified atom stereocenters. The molecular formula is C14H19N5O. The van der Waals surface area contributed by atoms with Gasteiger partial charge in [0.1, 0.15) is 5.82 Å². The Morgan fingerprint density at radius 1 is 1.25 bits per heavy atom. The van der Waals surface area contributed by atoms with Crippen molar-refractivity contribution >= 4 is 5.82 Å². The van der Waals surface area contributed by atoms with Crippen LogP contribution in [0.5, 0.6) is 6.01 Å². The zero-order valence-corrected chi connectivity index (χ0v) is 11.8. The predicted octanol–water partition coefficient (Wildman–Crippen LogP) is 1.23. The summed E-state index contributed by atoms with van der Waals surface area (Å²) in [4.78, 5) is 16.6. The number of hydrogen-bond acceptors (Lipinski definition) is 5. The van der Waals surface area contributed by atoms with Crippen LogP contribution < -0.4 is 9.64 Å². The number of pyridine rings is 1. The van der Waals surface area contributed by atoms with Crippen LogP contribution in [0.2, 0.25) is 0 Å². The van der Waals surface area contributed by atoms with Gasteiger partial charge in [0.15, 0.2) is 0 Å². The van der Waals surface area contributed by atoms with Crippen LogP contribution in [0.4, 0.5) is 5.82 Å². The average Bonchev–Trinajstić information content (AvgIpc) is 2.97. The Hall–Kier alpha value is -2.08. The first-order valence-electron chi connectivity index (χ1n) is 6.76. The van der Waals surface area contributed by atoms with Crippen molar-refractivity contribution in [3.8, 4) is 17.3 Å². The number of H-pyrrole nitrogens is 1. The van der Waals surface area contributed by atoms with Gasteiger partial charge in [-0.1, -0.05) is 0 Å². The lowest BCUT2D eigenvalue weighted by atomic mass is 10.2. The van der Waals surface area contributed by atoms with Crippen LogP contribution in [0.3, 0.4) is 0 Å². The lowest BCUT2D eigenvalue weighted by Gasteiger charge is -2.34. The molecule has 0 saturated carbocycles. The summed E-state index contributed by atoms with van der Waals surface area (Å²) in [5.41, 5.74) is 1.90. The van der Waals surface area contributed by atoms with Gasteiger partial charge >= 0.3 is 0 Å². The Morgan fingerprint density at radius 2 is 2.05 bits per heavy atom. The van der Waals surface area contributed by atoms with Crippen LogP contribution in [0, 0.1) is 0 Å². The maximum absolute atomic E-state index is 5.11. The van der Waals surface area contributed by atoms with Crippen LogP contribution in [0.15, 0.2) is 24.5 Å². The van der Waals surface area contributed by atoms with E-state index in [0.717, 1.165) is 43.3 Å². The molecule has 2 aromatic rings. The lowest BCUT2D eigenvalue weighted by molar-refractivity contribution is 0.312. The van der Waals surface area contributed by atoms with E-state index < -0.39 is 0 Å². The number of rotatable bonds is 3. The van der Waals surface area contributed by atoms with Crippen molar-refractivity contribution in [2.75, 3.05) is 45.2 Å². The standard InChI is InChI=1S/C14H19N5O/c1-18-6-8-19(9-7-18)13-11(4-3-5-15-13)12-10-16-14(17-12)20-2/h3-5,10H,6-9H2,1-2H3,(H,16,17). The quantitative estimate of drug-likeness (QED) is 0.911. The van der Waals surface area contributed by atoms with Gasteiger partial charge in [0.2, 0.25) is 0 Å². The summed E-state index contributed by atoms with van der Waals surface area (Å²) in [6.07, 6.45) is 3.69. The molecule has 6 heteroatoms. The number of hydrogen-bond donors (Lipinski definition) is 1. The van der Waals surface area contributed by atoms with Crippen LogP contribution >= 0.6 is 0 Å². The molecule has 1 N–H and O–H groups in total. The first kappa shape index (κ1) is 12.9. The molecule has 0 bridgehead atoms. The summed E-state index contributed by atoms with van der Waals surface area (Å²) in [7, 11) is 3.75. The molecule has 0 radical (unpaired) electrons. The maximum Gasteiger partial charge on any atom is 0.293 e. The number of methoxy groups -OCH3 is 1. The van der Waals surface area contributed by atoms with E-state index in [1.54, 1.807) is 7.11 Å². The summed E-state index contributed by atoms with van der Waals surface area (Å²) in [5.74, 6) is 0.995. The van der Waals surface area contributed by atoms with Crippen molar-refractivity contribution in [1.82, 2.24) is 19.9 Å². The first-order chi connectivity index (χ1) is 9.78. The Labute approximate surface area is 118 Å². The van der Waals surface area contributed by atoms with E-state index in [-0.39, 0.29) is 0 Å². The van der Waals surface area contributed by atoms with Crippen LogP contribution in [-0.2, 0) is 0 Å². The highest BCUT2D eigenvalue weighted by Gasteiger charge is 2.19. The van der Waals surface area contributed by atoms with E-state index in [0.29, 0.717) is 6.01 Å². The van der Waals surface area contributed by atoms with Crippen molar-refractivity contribution in [1.29, 1.82) is 0 Å². The average molecular weight is 273 g/mol. The fraction of sp³-hybridized carbons (Fsp3) is 0.429. The van der Waals surface area contributed by atoms with Gasteiger partial charge in [-0.3, -0.25) is 0 Å². The van der Waals surface area contributed by atoms with Crippen LogP contribution in [0.25, 0.3) is 11.3 Å². The van der Waals surface area contributed by atoms with E-state index in [1.165, 1.54) is 0 Å². The highest BCUT2D eigenvalue weighted by molar-refractivity contribution is 5.73. The molecule has 20 heavy (non-hydrogen) atoms. The zero-order valence-electron chi connectivity index (χ0n) is 11.8. The van der Waals surface area contributed by atoms with Gasteiger partial charge in [0.25, 0.3) is 6.01 Å². The van der Waals surface area contributed by atoms with Crippen molar-refractivity contribution < 1.29 is 4.74 Å². The number of ether oxygens (including phenoxy) is 1. The minimum Gasteiger partial charge on any atom is -0.468 e. The Kier molecular flexibility index (Phi) is 3.56. The molecule has 3 heterocycles. The van der Waals surface area contributed by atoms with Crippen LogP contribution in [0.1, 0.15) is 0 Å². The summed E-state index contributed by atoms with van der Waals surface area (Å²) in [5, 5.41) is 0. The van der Waals surface area contributed by atoms with E-state index in [4.69, 9.17) is 4.74 Å². The highest BCUT2D eigenvalue weighted by atomic mass is 16.5. The number of piperazine rings is 1. The monoisotopic (exact) mass is 273 g/mol. The Morgan fingerprint density at radius 3 is 2.75 bits per heavy atom. The fourth-order valence-electron chi connectivity index (χ4n) is 2.41. The van der Waals surface area contributed by atoms with Gasteiger partial charge in [0.05, 0.1) is 12.8 Å². The third kappa shape index (κ3) is 2.46. The van der Waals surface area contributed by atoms with Crippen molar-refractivity contribution in [3.05, 3.63) is 24.5 Å². The molecule has 1 aliphatic rings. The summed E-state index contributed by atoms with van der Waals surface area (Å²) < 4.78 is 5.11. The molecule has 106 valence electrons. The number of aromatic amines is 1. The molecule has 0 amide bonds. The molecular weight excluding hydrogens is 254 g/mol. The SMILES string of the molecule is COc1nc(-c2cccnc2N2CCN(C)CC2)c[nH]1. The van der Waals surface area contributed by atoms with E-state index in [1.807, 2.05) is 18.5 Å². The van der Waals surface area contributed by atoms with Gasteiger partial charge in [0, 0.05) is 44.1 Å². The maximum atomic E-state index is 5.11. The molecule has 3 rings (SSSR count). The Balaban J connectivity index is 1.91. The van der Waals surface area contributed by atoms with E-state index in [2.05, 4.69) is 37.9 Å². The van der Waals surface area contributed by atoms with Gasteiger partial charge in [-0.2, -0.15) is 4.98 Å². The van der Waals surface area contributed by atoms with Gasteiger partial charge in [-0.05, 0) is 19.2 Å². The number of aromatic nitrogens is 3.